The molecule has 8 heteroatoms. The molecular formula is C26H42N4O4. The SMILES string of the molecule is COc1cc(CNCCCNCCCCNCCCNCc2ccc(O)c(OC)c2)ccc1O. The highest BCUT2D eigenvalue weighted by Crippen LogP contribution is 2.26. The third-order valence-corrected chi connectivity index (χ3v) is 5.52. The first kappa shape index (κ1) is 27.7. The first-order chi connectivity index (χ1) is 16.6. The average molecular weight is 475 g/mol. The second kappa shape index (κ2) is 17.0. The van der Waals surface area contributed by atoms with Gasteiger partial charge >= 0.3 is 0 Å². The van der Waals surface area contributed by atoms with Crippen molar-refractivity contribution in [1.82, 2.24) is 21.3 Å². The fraction of sp³-hybridized carbons (Fsp3) is 0.538. The maximum atomic E-state index is 9.63. The number of rotatable bonds is 19. The van der Waals surface area contributed by atoms with Crippen LogP contribution in [0.4, 0.5) is 0 Å². The Morgan fingerprint density at radius 2 is 0.941 bits per heavy atom. The lowest BCUT2D eigenvalue weighted by molar-refractivity contribution is 0.372. The number of benzene rings is 2. The molecule has 34 heavy (non-hydrogen) atoms. The van der Waals surface area contributed by atoms with Gasteiger partial charge in [0, 0.05) is 13.1 Å². The normalized spacial score (nSPS) is 11.0. The first-order valence-corrected chi connectivity index (χ1v) is 12.2. The van der Waals surface area contributed by atoms with E-state index in [0.717, 1.165) is 76.3 Å². The van der Waals surface area contributed by atoms with E-state index in [2.05, 4.69) is 21.3 Å². The zero-order chi connectivity index (χ0) is 24.4. The van der Waals surface area contributed by atoms with Gasteiger partial charge in [-0.1, -0.05) is 12.1 Å². The van der Waals surface area contributed by atoms with Crippen molar-refractivity contribution in [1.29, 1.82) is 0 Å². The number of aromatic hydroxyl groups is 2. The molecule has 6 N–H and O–H groups in total. The van der Waals surface area contributed by atoms with Crippen LogP contribution in [0.2, 0.25) is 0 Å². The predicted octanol–water partition coefficient (Wildman–Crippen LogP) is 2.73. The van der Waals surface area contributed by atoms with E-state index in [1.807, 2.05) is 24.3 Å². The predicted molar refractivity (Wildman–Crippen MR) is 137 cm³/mol. The number of hydrogen-bond donors (Lipinski definition) is 6. The third kappa shape index (κ3) is 11.1. The largest absolute Gasteiger partial charge is 0.504 e. The van der Waals surface area contributed by atoms with E-state index in [4.69, 9.17) is 9.47 Å². The molecule has 190 valence electrons. The highest BCUT2D eigenvalue weighted by Gasteiger charge is 2.03. The summed E-state index contributed by atoms with van der Waals surface area (Å²) in [6, 6.07) is 10.9. The van der Waals surface area contributed by atoms with E-state index in [9.17, 15) is 10.2 Å². The first-order valence-electron chi connectivity index (χ1n) is 12.2. The van der Waals surface area contributed by atoms with Crippen LogP contribution in [0.3, 0.4) is 0 Å². The van der Waals surface area contributed by atoms with Crippen LogP contribution in [0.5, 0.6) is 23.0 Å². The Morgan fingerprint density at radius 1 is 0.559 bits per heavy atom. The van der Waals surface area contributed by atoms with Crippen molar-refractivity contribution in [3.05, 3.63) is 47.5 Å². The fourth-order valence-corrected chi connectivity index (χ4v) is 3.56. The van der Waals surface area contributed by atoms with Gasteiger partial charge in [-0.3, -0.25) is 0 Å². The zero-order valence-corrected chi connectivity index (χ0v) is 20.7. The number of unbranched alkanes of at least 4 members (excludes halogenated alkanes) is 1. The van der Waals surface area contributed by atoms with Crippen molar-refractivity contribution in [2.75, 3.05) is 53.5 Å². The molecule has 0 bridgehead atoms. The number of ether oxygens (including phenoxy) is 2. The van der Waals surface area contributed by atoms with Crippen LogP contribution in [0.25, 0.3) is 0 Å². The molecule has 0 aliphatic rings. The van der Waals surface area contributed by atoms with E-state index in [-0.39, 0.29) is 11.5 Å². The Bertz CT molecular complexity index is 752. The molecular weight excluding hydrogens is 432 g/mol. The molecule has 2 aromatic carbocycles. The number of phenolic OH excluding ortho intramolecular Hbond substituents is 2. The summed E-state index contributed by atoms with van der Waals surface area (Å²) in [5.74, 6) is 1.37. The summed E-state index contributed by atoms with van der Waals surface area (Å²) in [4.78, 5) is 0. The van der Waals surface area contributed by atoms with Gasteiger partial charge in [0.25, 0.3) is 0 Å². The van der Waals surface area contributed by atoms with Gasteiger partial charge < -0.3 is 41.0 Å². The molecule has 0 saturated heterocycles. The van der Waals surface area contributed by atoms with E-state index in [1.54, 1.807) is 26.4 Å². The van der Waals surface area contributed by atoms with Crippen molar-refractivity contribution in [3.8, 4) is 23.0 Å². The van der Waals surface area contributed by atoms with Crippen molar-refractivity contribution in [2.24, 2.45) is 0 Å². The molecule has 0 saturated carbocycles. The summed E-state index contributed by atoms with van der Waals surface area (Å²) in [7, 11) is 3.12. The summed E-state index contributed by atoms with van der Waals surface area (Å²) in [6.45, 7) is 7.56. The van der Waals surface area contributed by atoms with Crippen molar-refractivity contribution in [2.45, 2.75) is 38.8 Å². The van der Waals surface area contributed by atoms with Gasteiger partial charge in [-0.25, -0.2) is 0 Å². The van der Waals surface area contributed by atoms with Gasteiger partial charge in [-0.05, 0) is 100 Å². The number of phenols is 2. The Kier molecular flexibility index (Phi) is 13.9. The minimum absolute atomic E-state index is 0.172. The van der Waals surface area contributed by atoms with Gasteiger partial charge in [0.2, 0.25) is 0 Å². The number of nitrogens with one attached hydrogen (secondary N) is 4. The van der Waals surface area contributed by atoms with Gasteiger partial charge in [0.15, 0.2) is 23.0 Å². The summed E-state index contributed by atoms with van der Waals surface area (Å²) in [6.07, 6.45) is 4.51. The maximum absolute atomic E-state index is 9.63. The maximum Gasteiger partial charge on any atom is 0.160 e. The smallest absolute Gasteiger partial charge is 0.160 e. The van der Waals surface area contributed by atoms with E-state index >= 15 is 0 Å². The van der Waals surface area contributed by atoms with Crippen molar-refractivity contribution < 1.29 is 19.7 Å². The molecule has 0 aliphatic carbocycles. The molecule has 0 heterocycles. The van der Waals surface area contributed by atoms with Crippen LogP contribution in [0, 0.1) is 0 Å². The Morgan fingerprint density at radius 3 is 1.35 bits per heavy atom. The minimum atomic E-state index is 0.172. The zero-order valence-electron chi connectivity index (χ0n) is 20.7. The molecule has 0 unspecified atom stereocenters. The number of methoxy groups -OCH3 is 2. The van der Waals surface area contributed by atoms with Crippen LogP contribution >= 0.6 is 0 Å². The molecule has 8 nitrogen and oxygen atoms in total. The topological polar surface area (TPSA) is 107 Å². The molecule has 0 radical (unpaired) electrons. The van der Waals surface area contributed by atoms with Crippen LogP contribution in [0.1, 0.15) is 36.8 Å². The lowest BCUT2D eigenvalue weighted by atomic mass is 10.2. The quantitative estimate of drug-likeness (QED) is 0.173. The molecule has 0 aromatic heterocycles. The van der Waals surface area contributed by atoms with E-state index < -0.39 is 0 Å². The van der Waals surface area contributed by atoms with Gasteiger partial charge in [0.1, 0.15) is 0 Å². The average Bonchev–Trinajstić information content (AvgIpc) is 2.85. The van der Waals surface area contributed by atoms with E-state index in [1.165, 1.54) is 12.8 Å². The summed E-state index contributed by atoms with van der Waals surface area (Å²) >= 11 is 0. The standard InChI is InChI=1S/C26H42N4O4/c1-33-25-17-21(7-9-23(25)31)19-29-15-5-13-27-11-3-4-12-28-14-6-16-30-20-22-8-10-24(32)26(18-22)34-2/h7-10,17-18,27-32H,3-6,11-16,19-20H2,1-2H3. The molecule has 0 atom stereocenters. The lowest BCUT2D eigenvalue weighted by Gasteiger charge is -2.09. The monoisotopic (exact) mass is 474 g/mol. The van der Waals surface area contributed by atoms with Crippen LogP contribution in [-0.4, -0.2) is 63.7 Å². The molecule has 0 fully saturated rings. The minimum Gasteiger partial charge on any atom is -0.504 e. The highest BCUT2D eigenvalue weighted by molar-refractivity contribution is 5.42. The Hall–Kier alpha value is -2.52. The molecule has 2 rings (SSSR count). The second-order valence-electron chi connectivity index (χ2n) is 8.28. The van der Waals surface area contributed by atoms with E-state index in [0.29, 0.717) is 11.5 Å². The third-order valence-electron chi connectivity index (χ3n) is 5.52. The van der Waals surface area contributed by atoms with Gasteiger partial charge in [0.05, 0.1) is 14.2 Å². The molecule has 0 spiro atoms. The Balaban J connectivity index is 1.33. The molecule has 2 aromatic rings. The summed E-state index contributed by atoms with van der Waals surface area (Å²) < 4.78 is 10.3. The fourth-order valence-electron chi connectivity index (χ4n) is 3.56. The van der Waals surface area contributed by atoms with Crippen molar-refractivity contribution in [3.63, 3.8) is 0 Å². The van der Waals surface area contributed by atoms with Crippen LogP contribution < -0.4 is 30.7 Å². The molecule has 0 aliphatic heterocycles. The summed E-state index contributed by atoms with van der Waals surface area (Å²) in [5, 5.41) is 33.1. The summed E-state index contributed by atoms with van der Waals surface area (Å²) in [5.41, 5.74) is 2.20. The van der Waals surface area contributed by atoms with Crippen LogP contribution in [0.15, 0.2) is 36.4 Å². The van der Waals surface area contributed by atoms with Crippen molar-refractivity contribution >= 4 is 0 Å². The van der Waals surface area contributed by atoms with Gasteiger partial charge in [-0.15, -0.1) is 0 Å². The van der Waals surface area contributed by atoms with Gasteiger partial charge in [-0.2, -0.15) is 0 Å². The van der Waals surface area contributed by atoms with Crippen LogP contribution in [-0.2, 0) is 13.1 Å². The Labute approximate surface area is 204 Å². The molecule has 0 amide bonds. The number of hydrogen-bond acceptors (Lipinski definition) is 8. The second-order valence-corrected chi connectivity index (χ2v) is 8.28. The highest BCUT2D eigenvalue weighted by atomic mass is 16.5. The lowest BCUT2D eigenvalue weighted by Crippen LogP contribution is -2.24.